The van der Waals surface area contributed by atoms with E-state index in [4.69, 9.17) is 4.52 Å². The molecular formula is C24H22F2N4O. The highest BCUT2D eigenvalue weighted by molar-refractivity contribution is 5.79. The molecule has 4 aromatic rings. The van der Waals surface area contributed by atoms with Crippen LogP contribution in [0.3, 0.4) is 0 Å². The maximum atomic E-state index is 14.1. The summed E-state index contributed by atoms with van der Waals surface area (Å²) in [6, 6.07) is 11.5. The zero-order chi connectivity index (χ0) is 21.4. The van der Waals surface area contributed by atoms with Crippen LogP contribution < -0.4 is 0 Å². The summed E-state index contributed by atoms with van der Waals surface area (Å²) >= 11 is 0. The Kier molecular flexibility index (Phi) is 5.10. The highest BCUT2D eigenvalue weighted by atomic mass is 19.1. The van der Waals surface area contributed by atoms with E-state index in [0.29, 0.717) is 17.4 Å². The van der Waals surface area contributed by atoms with Crippen LogP contribution in [0.15, 0.2) is 53.2 Å². The molecule has 2 aromatic heterocycles. The number of aromatic amines is 1. The van der Waals surface area contributed by atoms with Crippen molar-refractivity contribution in [3.05, 3.63) is 65.9 Å². The third-order valence-electron chi connectivity index (χ3n) is 6.21. The first-order valence-corrected chi connectivity index (χ1v) is 10.5. The SMILES string of the molecule is C[C@@H]1CCCC[C@@H]1c1ccccc1-c1[nH]ncc1-c1nc(-c2cc(F)ccc2F)no1. The Morgan fingerprint density at radius 1 is 1.00 bits per heavy atom. The fraction of sp³-hybridized carbons (Fsp3) is 0.292. The summed E-state index contributed by atoms with van der Waals surface area (Å²) in [6.07, 6.45) is 6.50. The van der Waals surface area contributed by atoms with Crippen LogP contribution in [0.2, 0.25) is 0 Å². The van der Waals surface area contributed by atoms with E-state index in [1.807, 2.05) is 6.07 Å². The van der Waals surface area contributed by atoms with Crippen LogP contribution in [0.4, 0.5) is 8.78 Å². The molecule has 2 aromatic carbocycles. The van der Waals surface area contributed by atoms with Crippen molar-refractivity contribution < 1.29 is 13.3 Å². The average molecular weight is 420 g/mol. The zero-order valence-electron chi connectivity index (χ0n) is 17.1. The zero-order valence-corrected chi connectivity index (χ0v) is 17.1. The van der Waals surface area contributed by atoms with Crippen LogP contribution in [0.25, 0.3) is 34.1 Å². The molecule has 0 radical (unpaired) electrons. The molecule has 2 heterocycles. The number of aromatic nitrogens is 4. The quantitative estimate of drug-likeness (QED) is 0.417. The number of nitrogens with zero attached hydrogens (tertiary/aromatic N) is 3. The minimum absolute atomic E-state index is 0.00617. The van der Waals surface area contributed by atoms with Gasteiger partial charge in [-0.1, -0.05) is 55.6 Å². The van der Waals surface area contributed by atoms with Gasteiger partial charge < -0.3 is 4.52 Å². The van der Waals surface area contributed by atoms with E-state index in [0.717, 1.165) is 35.9 Å². The molecule has 0 spiro atoms. The summed E-state index contributed by atoms with van der Waals surface area (Å²) in [6.45, 7) is 2.31. The fourth-order valence-corrected chi connectivity index (χ4v) is 4.59. The number of H-pyrrole nitrogens is 1. The summed E-state index contributed by atoms with van der Waals surface area (Å²) < 4.78 is 33.1. The first-order valence-electron chi connectivity index (χ1n) is 10.5. The largest absolute Gasteiger partial charge is 0.333 e. The van der Waals surface area contributed by atoms with Gasteiger partial charge in [-0.15, -0.1) is 0 Å². The van der Waals surface area contributed by atoms with Gasteiger partial charge in [-0.2, -0.15) is 10.1 Å². The predicted molar refractivity (Wildman–Crippen MR) is 113 cm³/mol. The standard InChI is InChI=1S/C24H22F2N4O/c1-14-6-2-3-7-16(14)17-8-4-5-9-18(17)22-20(13-27-29-22)24-28-23(30-31-24)19-12-15(25)10-11-21(19)26/h4-5,8-14,16H,2-3,6-7H2,1H3,(H,27,29)/t14-,16+/m1/s1. The van der Waals surface area contributed by atoms with Crippen molar-refractivity contribution in [1.82, 2.24) is 20.3 Å². The van der Waals surface area contributed by atoms with Crippen LogP contribution >= 0.6 is 0 Å². The summed E-state index contributed by atoms with van der Waals surface area (Å²) in [7, 11) is 0. The number of nitrogens with one attached hydrogen (secondary N) is 1. The van der Waals surface area contributed by atoms with Crippen LogP contribution in [0, 0.1) is 17.6 Å². The van der Waals surface area contributed by atoms with E-state index >= 15 is 0 Å². The minimum atomic E-state index is -0.613. The molecule has 1 aliphatic carbocycles. The number of halogens is 2. The monoisotopic (exact) mass is 420 g/mol. The Morgan fingerprint density at radius 3 is 2.71 bits per heavy atom. The second-order valence-electron chi connectivity index (χ2n) is 8.16. The van der Waals surface area contributed by atoms with Gasteiger partial charge >= 0.3 is 0 Å². The van der Waals surface area contributed by atoms with Crippen molar-refractivity contribution in [3.8, 4) is 34.1 Å². The fourth-order valence-electron chi connectivity index (χ4n) is 4.59. The third kappa shape index (κ3) is 3.65. The minimum Gasteiger partial charge on any atom is -0.333 e. The summed E-state index contributed by atoms with van der Waals surface area (Å²) in [5.41, 5.74) is 3.69. The molecule has 0 amide bonds. The highest BCUT2D eigenvalue weighted by Crippen LogP contribution is 2.42. The van der Waals surface area contributed by atoms with Crippen LogP contribution in [-0.4, -0.2) is 20.3 Å². The van der Waals surface area contributed by atoms with Gasteiger partial charge in [0, 0.05) is 5.56 Å². The highest BCUT2D eigenvalue weighted by Gasteiger charge is 2.27. The maximum absolute atomic E-state index is 14.1. The topological polar surface area (TPSA) is 67.6 Å². The Bertz CT molecular complexity index is 1220. The number of hydrogen-bond acceptors (Lipinski definition) is 4. The van der Waals surface area contributed by atoms with Crippen molar-refractivity contribution in [1.29, 1.82) is 0 Å². The van der Waals surface area contributed by atoms with Gasteiger partial charge in [0.25, 0.3) is 5.89 Å². The summed E-state index contributed by atoms with van der Waals surface area (Å²) in [5.74, 6) is 0.0929. The van der Waals surface area contributed by atoms with E-state index in [1.165, 1.54) is 24.8 Å². The lowest BCUT2D eigenvalue weighted by molar-refractivity contribution is 0.331. The Labute approximate surface area is 178 Å². The van der Waals surface area contributed by atoms with Gasteiger partial charge in [0.1, 0.15) is 11.6 Å². The number of benzene rings is 2. The molecule has 0 unspecified atom stereocenters. The summed E-state index contributed by atoms with van der Waals surface area (Å²) in [4.78, 5) is 4.32. The molecule has 7 heteroatoms. The third-order valence-corrected chi connectivity index (χ3v) is 6.21. The van der Waals surface area contributed by atoms with E-state index in [2.05, 4.69) is 45.5 Å². The normalized spacial score (nSPS) is 18.9. The van der Waals surface area contributed by atoms with Gasteiger partial charge in [0.15, 0.2) is 0 Å². The van der Waals surface area contributed by atoms with E-state index < -0.39 is 11.6 Å². The molecule has 5 nitrogen and oxygen atoms in total. The van der Waals surface area contributed by atoms with Crippen LogP contribution in [-0.2, 0) is 0 Å². The Morgan fingerprint density at radius 2 is 1.84 bits per heavy atom. The van der Waals surface area contributed by atoms with Gasteiger partial charge in [0.05, 0.1) is 23.0 Å². The molecular weight excluding hydrogens is 398 g/mol. The van der Waals surface area contributed by atoms with Crippen molar-refractivity contribution in [2.75, 3.05) is 0 Å². The molecule has 1 N–H and O–H groups in total. The molecule has 5 rings (SSSR count). The van der Waals surface area contributed by atoms with Crippen molar-refractivity contribution in [2.24, 2.45) is 5.92 Å². The van der Waals surface area contributed by atoms with E-state index in [1.54, 1.807) is 6.20 Å². The predicted octanol–water partition coefficient (Wildman–Crippen LogP) is 6.37. The van der Waals surface area contributed by atoms with Gasteiger partial charge in [-0.25, -0.2) is 8.78 Å². The van der Waals surface area contributed by atoms with E-state index in [9.17, 15) is 8.78 Å². The molecule has 1 aliphatic rings. The molecule has 1 fully saturated rings. The second kappa shape index (κ2) is 8.06. The molecule has 0 bridgehead atoms. The molecule has 0 saturated heterocycles. The summed E-state index contributed by atoms with van der Waals surface area (Å²) in [5, 5.41) is 11.1. The Balaban J connectivity index is 1.55. The first kappa shape index (κ1) is 19.6. The van der Waals surface area contributed by atoms with Gasteiger partial charge in [-0.3, -0.25) is 5.10 Å². The molecule has 0 aliphatic heterocycles. The van der Waals surface area contributed by atoms with Crippen molar-refractivity contribution >= 4 is 0 Å². The van der Waals surface area contributed by atoms with Crippen molar-refractivity contribution in [2.45, 2.75) is 38.5 Å². The molecule has 1 saturated carbocycles. The molecule has 158 valence electrons. The second-order valence-corrected chi connectivity index (χ2v) is 8.16. The number of hydrogen-bond donors (Lipinski definition) is 1. The average Bonchev–Trinajstić information content (AvgIpc) is 3.45. The molecule has 31 heavy (non-hydrogen) atoms. The van der Waals surface area contributed by atoms with Gasteiger partial charge in [-0.05, 0) is 42.0 Å². The lowest BCUT2D eigenvalue weighted by Crippen LogP contribution is -2.15. The Hall–Kier alpha value is -3.35. The number of rotatable bonds is 4. The molecule has 2 atom stereocenters. The lowest BCUT2D eigenvalue weighted by Gasteiger charge is -2.30. The van der Waals surface area contributed by atoms with E-state index in [-0.39, 0.29) is 17.3 Å². The maximum Gasteiger partial charge on any atom is 0.262 e. The lowest BCUT2D eigenvalue weighted by atomic mass is 9.75. The van der Waals surface area contributed by atoms with Gasteiger partial charge in [0.2, 0.25) is 5.82 Å². The first-order chi connectivity index (χ1) is 15.1. The smallest absolute Gasteiger partial charge is 0.262 e. The van der Waals surface area contributed by atoms with Crippen molar-refractivity contribution in [3.63, 3.8) is 0 Å². The van der Waals surface area contributed by atoms with Crippen LogP contribution in [0.1, 0.15) is 44.1 Å². The van der Waals surface area contributed by atoms with Crippen LogP contribution in [0.5, 0.6) is 0 Å².